The zero-order chi connectivity index (χ0) is 20.1. The van der Waals surface area contributed by atoms with E-state index in [9.17, 15) is 16.8 Å². The molecule has 0 atom stereocenters. The quantitative estimate of drug-likeness (QED) is 0.684. The van der Waals surface area contributed by atoms with Gasteiger partial charge in [0.25, 0.3) is 10.0 Å². The summed E-state index contributed by atoms with van der Waals surface area (Å²) in [5.41, 5.74) is 0.279. The van der Waals surface area contributed by atoms with Crippen LogP contribution in [0.15, 0.2) is 58.3 Å². The van der Waals surface area contributed by atoms with Crippen molar-refractivity contribution in [1.82, 2.24) is 4.31 Å². The molecule has 2 aromatic rings. The lowest BCUT2D eigenvalue weighted by molar-refractivity contribution is 0.414. The summed E-state index contributed by atoms with van der Waals surface area (Å²) in [7, 11) is -4.34. The molecule has 7 nitrogen and oxygen atoms in total. The second-order valence-electron chi connectivity index (χ2n) is 5.99. The lowest BCUT2D eigenvalue weighted by atomic mass is 10.3. The standard InChI is InChI=1S/C18H24N2O5S2/c1-4-5-14-20(2)27(23,24)18-10-6-15(7-11-18)19-26(21,22)17-12-8-16(25-3)9-13-17/h6-13,19H,4-5,14H2,1-3H3. The van der Waals surface area contributed by atoms with Gasteiger partial charge in [-0.25, -0.2) is 21.1 Å². The van der Waals surface area contributed by atoms with Crippen LogP contribution in [0.3, 0.4) is 0 Å². The zero-order valence-electron chi connectivity index (χ0n) is 15.5. The summed E-state index contributed by atoms with van der Waals surface area (Å²) < 4.78 is 58.6. The summed E-state index contributed by atoms with van der Waals surface area (Å²) in [4.78, 5) is 0.202. The average molecular weight is 413 g/mol. The van der Waals surface area contributed by atoms with Crippen LogP contribution in [0.25, 0.3) is 0 Å². The average Bonchev–Trinajstić information content (AvgIpc) is 2.66. The molecule has 0 radical (unpaired) electrons. The molecule has 0 amide bonds. The summed E-state index contributed by atoms with van der Waals surface area (Å²) in [6.07, 6.45) is 1.67. The highest BCUT2D eigenvalue weighted by Crippen LogP contribution is 2.21. The minimum absolute atomic E-state index is 0.0827. The molecular weight excluding hydrogens is 388 g/mol. The van der Waals surface area contributed by atoms with Crippen LogP contribution in [0, 0.1) is 0 Å². The number of anilines is 1. The Kier molecular flexibility index (Phi) is 6.85. The van der Waals surface area contributed by atoms with Crippen molar-refractivity contribution in [3.05, 3.63) is 48.5 Å². The van der Waals surface area contributed by atoms with E-state index in [-0.39, 0.29) is 15.5 Å². The number of benzene rings is 2. The SMILES string of the molecule is CCCCN(C)S(=O)(=O)c1ccc(NS(=O)(=O)c2ccc(OC)cc2)cc1. The number of hydrogen-bond acceptors (Lipinski definition) is 5. The topological polar surface area (TPSA) is 92.8 Å². The Morgan fingerprint density at radius 3 is 2.00 bits per heavy atom. The molecule has 0 saturated carbocycles. The molecule has 0 fully saturated rings. The third kappa shape index (κ3) is 5.21. The van der Waals surface area contributed by atoms with E-state index >= 15 is 0 Å². The van der Waals surface area contributed by atoms with E-state index in [0.717, 1.165) is 12.8 Å². The second kappa shape index (κ2) is 8.73. The third-order valence-electron chi connectivity index (χ3n) is 4.01. The van der Waals surface area contributed by atoms with Gasteiger partial charge in [-0.05, 0) is 55.0 Å². The van der Waals surface area contributed by atoms with Crippen molar-refractivity contribution < 1.29 is 21.6 Å². The highest BCUT2D eigenvalue weighted by atomic mass is 32.2. The summed E-state index contributed by atoms with van der Waals surface area (Å²) >= 11 is 0. The van der Waals surface area contributed by atoms with Gasteiger partial charge in [-0.3, -0.25) is 4.72 Å². The molecule has 0 aliphatic heterocycles. The van der Waals surface area contributed by atoms with Crippen LogP contribution < -0.4 is 9.46 Å². The van der Waals surface area contributed by atoms with Crippen molar-refractivity contribution in [3.8, 4) is 5.75 Å². The molecule has 2 rings (SSSR count). The first kappa shape index (κ1) is 21.2. The molecule has 9 heteroatoms. The minimum atomic E-state index is -3.78. The van der Waals surface area contributed by atoms with Crippen LogP contribution in [0.2, 0.25) is 0 Å². The Bertz CT molecular complexity index is 954. The largest absolute Gasteiger partial charge is 0.497 e. The van der Waals surface area contributed by atoms with E-state index in [1.165, 1.54) is 54.9 Å². The number of nitrogens with zero attached hydrogens (tertiary/aromatic N) is 1. The fraction of sp³-hybridized carbons (Fsp3) is 0.333. The molecule has 148 valence electrons. The Morgan fingerprint density at radius 1 is 0.926 bits per heavy atom. The lowest BCUT2D eigenvalue weighted by Gasteiger charge is -2.17. The normalized spacial score (nSPS) is 12.1. The molecule has 1 N–H and O–H groups in total. The highest BCUT2D eigenvalue weighted by Gasteiger charge is 2.20. The van der Waals surface area contributed by atoms with E-state index in [2.05, 4.69) is 4.72 Å². The number of sulfonamides is 2. The molecule has 0 bridgehead atoms. The first-order chi connectivity index (χ1) is 12.7. The molecular formula is C18H24N2O5S2. The Balaban J connectivity index is 2.17. The van der Waals surface area contributed by atoms with Crippen molar-refractivity contribution in [1.29, 1.82) is 0 Å². The molecule has 0 aromatic heterocycles. The van der Waals surface area contributed by atoms with Gasteiger partial charge >= 0.3 is 0 Å². The van der Waals surface area contributed by atoms with Crippen LogP contribution in [0.5, 0.6) is 5.75 Å². The maximum atomic E-state index is 12.5. The summed E-state index contributed by atoms with van der Waals surface area (Å²) in [6, 6.07) is 11.6. The van der Waals surface area contributed by atoms with Gasteiger partial charge in [0.05, 0.1) is 16.9 Å². The van der Waals surface area contributed by atoms with Gasteiger partial charge in [0.1, 0.15) is 5.75 Å². The van der Waals surface area contributed by atoms with E-state index < -0.39 is 20.0 Å². The number of unbranched alkanes of at least 4 members (excludes halogenated alkanes) is 1. The Morgan fingerprint density at radius 2 is 1.48 bits per heavy atom. The number of hydrogen-bond donors (Lipinski definition) is 1. The van der Waals surface area contributed by atoms with Crippen molar-refractivity contribution in [2.24, 2.45) is 0 Å². The third-order valence-corrected chi connectivity index (χ3v) is 7.28. The van der Waals surface area contributed by atoms with Gasteiger partial charge in [0, 0.05) is 19.3 Å². The number of rotatable bonds is 9. The highest BCUT2D eigenvalue weighted by molar-refractivity contribution is 7.92. The Labute approximate surface area is 161 Å². The minimum Gasteiger partial charge on any atom is -0.497 e. The van der Waals surface area contributed by atoms with Crippen molar-refractivity contribution in [2.45, 2.75) is 29.6 Å². The Hall–Kier alpha value is -2.10. The van der Waals surface area contributed by atoms with E-state index in [1.807, 2.05) is 6.92 Å². The lowest BCUT2D eigenvalue weighted by Crippen LogP contribution is -2.27. The molecule has 0 spiro atoms. The van der Waals surface area contributed by atoms with Gasteiger partial charge in [-0.2, -0.15) is 0 Å². The zero-order valence-corrected chi connectivity index (χ0v) is 17.2. The smallest absolute Gasteiger partial charge is 0.261 e. The first-order valence-corrected chi connectivity index (χ1v) is 11.4. The predicted molar refractivity (Wildman–Crippen MR) is 105 cm³/mol. The predicted octanol–water partition coefficient (Wildman–Crippen LogP) is 2.92. The van der Waals surface area contributed by atoms with Gasteiger partial charge in [0.15, 0.2) is 0 Å². The first-order valence-electron chi connectivity index (χ1n) is 8.44. The van der Waals surface area contributed by atoms with Crippen LogP contribution in [-0.4, -0.2) is 41.8 Å². The van der Waals surface area contributed by atoms with Crippen molar-refractivity contribution in [2.75, 3.05) is 25.4 Å². The molecule has 0 aliphatic carbocycles. The summed E-state index contributed by atoms with van der Waals surface area (Å²) in [5.74, 6) is 0.552. The molecule has 27 heavy (non-hydrogen) atoms. The molecule has 0 aliphatic rings. The maximum absolute atomic E-state index is 12.5. The molecule has 0 unspecified atom stereocenters. The van der Waals surface area contributed by atoms with Gasteiger partial charge in [-0.15, -0.1) is 0 Å². The number of ether oxygens (including phenoxy) is 1. The van der Waals surface area contributed by atoms with E-state index in [1.54, 1.807) is 12.1 Å². The fourth-order valence-electron chi connectivity index (χ4n) is 2.34. The molecule has 0 heterocycles. The fourth-order valence-corrected chi connectivity index (χ4v) is 4.61. The second-order valence-corrected chi connectivity index (χ2v) is 9.71. The number of nitrogens with one attached hydrogen (secondary N) is 1. The molecule has 2 aromatic carbocycles. The van der Waals surface area contributed by atoms with Crippen LogP contribution in [0.1, 0.15) is 19.8 Å². The summed E-state index contributed by atoms with van der Waals surface area (Å²) in [5, 5.41) is 0. The summed E-state index contributed by atoms with van der Waals surface area (Å²) in [6.45, 7) is 2.43. The van der Waals surface area contributed by atoms with Crippen LogP contribution >= 0.6 is 0 Å². The molecule has 0 saturated heterocycles. The number of methoxy groups -OCH3 is 1. The van der Waals surface area contributed by atoms with Crippen molar-refractivity contribution >= 4 is 25.7 Å². The van der Waals surface area contributed by atoms with E-state index in [4.69, 9.17) is 4.74 Å². The maximum Gasteiger partial charge on any atom is 0.261 e. The van der Waals surface area contributed by atoms with E-state index in [0.29, 0.717) is 12.3 Å². The van der Waals surface area contributed by atoms with Gasteiger partial charge in [0.2, 0.25) is 10.0 Å². The van der Waals surface area contributed by atoms with Crippen LogP contribution in [-0.2, 0) is 20.0 Å². The van der Waals surface area contributed by atoms with Crippen molar-refractivity contribution in [3.63, 3.8) is 0 Å². The van der Waals surface area contributed by atoms with Gasteiger partial charge < -0.3 is 4.74 Å². The van der Waals surface area contributed by atoms with Gasteiger partial charge in [-0.1, -0.05) is 13.3 Å². The monoisotopic (exact) mass is 412 g/mol. The van der Waals surface area contributed by atoms with Crippen LogP contribution in [0.4, 0.5) is 5.69 Å².